The minimum atomic E-state index is 0.754. The summed E-state index contributed by atoms with van der Waals surface area (Å²) >= 11 is 5.94. The van der Waals surface area contributed by atoms with Crippen LogP contribution in [-0.4, -0.2) is 0 Å². The standard InChI is InChI=1S/C23H17ClO/c24-19-15-13-17(14-16-19)7-6-11-21-20-10-4-5-12-22(20)25-23(21)18-8-2-1-3-9-18/h1-10,12-16H,11H2/b7-6+. The molecule has 0 aliphatic heterocycles. The van der Waals surface area contributed by atoms with E-state index in [1.54, 1.807) is 0 Å². The third-order valence-corrected chi connectivity index (χ3v) is 4.49. The van der Waals surface area contributed by atoms with Crippen LogP contribution in [0.5, 0.6) is 0 Å². The third kappa shape index (κ3) is 3.38. The van der Waals surface area contributed by atoms with Gasteiger partial charge in [-0.15, -0.1) is 0 Å². The fourth-order valence-electron chi connectivity index (χ4n) is 3.01. The van der Waals surface area contributed by atoms with E-state index < -0.39 is 0 Å². The van der Waals surface area contributed by atoms with Gasteiger partial charge in [0.05, 0.1) is 0 Å². The van der Waals surface area contributed by atoms with Crippen LogP contribution < -0.4 is 0 Å². The van der Waals surface area contributed by atoms with Gasteiger partial charge in [-0.1, -0.05) is 84.4 Å². The Bertz CT molecular complexity index is 1010. The van der Waals surface area contributed by atoms with Crippen molar-refractivity contribution in [1.82, 2.24) is 0 Å². The van der Waals surface area contributed by atoms with Crippen molar-refractivity contribution in [1.29, 1.82) is 0 Å². The highest BCUT2D eigenvalue weighted by Crippen LogP contribution is 2.34. The lowest BCUT2D eigenvalue weighted by molar-refractivity contribution is 0.628. The topological polar surface area (TPSA) is 13.1 Å². The zero-order valence-corrected chi connectivity index (χ0v) is 14.4. The van der Waals surface area contributed by atoms with Gasteiger partial charge in [-0.3, -0.25) is 0 Å². The number of para-hydroxylation sites is 1. The van der Waals surface area contributed by atoms with Crippen LogP contribution in [0.2, 0.25) is 5.02 Å². The lowest BCUT2D eigenvalue weighted by Crippen LogP contribution is -1.84. The van der Waals surface area contributed by atoms with Crippen LogP contribution in [0.4, 0.5) is 0 Å². The molecule has 0 fully saturated rings. The van der Waals surface area contributed by atoms with Crippen LogP contribution in [0.3, 0.4) is 0 Å². The summed E-state index contributed by atoms with van der Waals surface area (Å²) in [6, 6.07) is 26.3. The zero-order chi connectivity index (χ0) is 17.1. The normalized spacial score (nSPS) is 11.4. The lowest BCUT2D eigenvalue weighted by atomic mass is 10.0. The molecule has 1 nitrogen and oxygen atoms in total. The predicted molar refractivity (Wildman–Crippen MR) is 106 cm³/mol. The molecule has 3 aromatic carbocycles. The van der Waals surface area contributed by atoms with E-state index in [4.69, 9.17) is 16.0 Å². The van der Waals surface area contributed by atoms with E-state index in [0.29, 0.717) is 0 Å². The number of hydrogen-bond donors (Lipinski definition) is 0. The molecule has 122 valence electrons. The molecule has 0 aliphatic carbocycles. The molecule has 2 heteroatoms. The van der Waals surface area contributed by atoms with Crippen LogP contribution in [-0.2, 0) is 6.42 Å². The Labute approximate surface area is 152 Å². The van der Waals surface area contributed by atoms with E-state index in [9.17, 15) is 0 Å². The molecule has 25 heavy (non-hydrogen) atoms. The summed E-state index contributed by atoms with van der Waals surface area (Å²) in [6.45, 7) is 0. The van der Waals surface area contributed by atoms with Crippen molar-refractivity contribution < 1.29 is 4.42 Å². The molecule has 0 spiro atoms. The van der Waals surface area contributed by atoms with E-state index in [1.807, 2.05) is 54.6 Å². The molecule has 4 aromatic rings. The second kappa shape index (κ2) is 7.00. The monoisotopic (exact) mass is 344 g/mol. The highest BCUT2D eigenvalue weighted by molar-refractivity contribution is 6.30. The highest BCUT2D eigenvalue weighted by atomic mass is 35.5. The van der Waals surface area contributed by atoms with E-state index in [-0.39, 0.29) is 0 Å². The van der Waals surface area contributed by atoms with Crippen molar-refractivity contribution in [2.45, 2.75) is 6.42 Å². The second-order valence-electron chi connectivity index (χ2n) is 5.93. The number of halogens is 1. The van der Waals surface area contributed by atoms with Crippen molar-refractivity contribution in [2.75, 3.05) is 0 Å². The smallest absolute Gasteiger partial charge is 0.138 e. The van der Waals surface area contributed by atoms with Gasteiger partial charge in [-0.25, -0.2) is 0 Å². The number of furan rings is 1. The number of benzene rings is 3. The Morgan fingerprint density at radius 2 is 1.52 bits per heavy atom. The molecule has 0 amide bonds. The molecule has 0 atom stereocenters. The summed E-state index contributed by atoms with van der Waals surface area (Å²) in [5.74, 6) is 0.947. The molecule has 0 aliphatic rings. The van der Waals surface area contributed by atoms with Gasteiger partial charge in [0.2, 0.25) is 0 Å². The average molecular weight is 345 g/mol. The lowest BCUT2D eigenvalue weighted by Gasteiger charge is -2.01. The van der Waals surface area contributed by atoms with Gasteiger partial charge in [0, 0.05) is 21.5 Å². The summed E-state index contributed by atoms with van der Waals surface area (Å²) in [7, 11) is 0. The summed E-state index contributed by atoms with van der Waals surface area (Å²) in [5.41, 5.74) is 4.38. The van der Waals surface area contributed by atoms with Crippen molar-refractivity contribution in [3.63, 3.8) is 0 Å². The van der Waals surface area contributed by atoms with Crippen molar-refractivity contribution >= 4 is 28.6 Å². The van der Waals surface area contributed by atoms with Gasteiger partial charge in [-0.2, -0.15) is 0 Å². The van der Waals surface area contributed by atoms with Crippen LogP contribution in [0.25, 0.3) is 28.4 Å². The zero-order valence-electron chi connectivity index (χ0n) is 13.7. The maximum atomic E-state index is 6.15. The first kappa shape index (κ1) is 15.7. The van der Waals surface area contributed by atoms with E-state index in [0.717, 1.165) is 33.9 Å². The highest BCUT2D eigenvalue weighted by Gasteiger charge is 2.14. The van der Waals surface area contributed by atoms with E-state index in [1.165, 1.54) is 10.9 Å². The second-order valence-corrected chi connectivity index (χ2v) is 6.37. The fourth-order valence-corrected chi connectivity index (χ4v) is 3.14. The van der Waals surface area contributed by atoms with Gasteiger partial charge in [0.15, 0.2) is 0 Å². The molecule has 1 heterocycles. The summed E-state index contributed by atoms with van der Waals surface area (Å²) < 4.78 is 6.15. The molecule has 0 saturated carbocycles. The van der Waals surface area contributed by atoms with Gasteiger partial charge in [-0.05, 0) is 30.2 Å². The Morgan fingerprint density at radius 3 is 2.32 bits per heavy atom. The number of allylic oxidation sites excluding steroid dienone is 1. The Hall–Kier alpha value is -2.77. The van der Waals surface area contributed by atoms with Crippen LogP contribution in [0.15, 0.2) is 89.4 Å². The Kier molecular flexibility index (Phi) is 4.41. The minimum absolute atomic E-state index is 0.754. The summed E-state index contributed by atoms with van der Waals surface area (Å²) in [6.07, 6.45) is 5.10. The van der Waals surface area contributed by atoms with Gasteiger partial charge >= 0.3 is 0 Å². The Morgan fingerprint density at radius 1 is 0.800 bits per heavy atom. The summed E-state index contributed by atoms with van der Waals surface area (Å²) in [4.78, 5) is 0. The van der Waals surface area contributed by atoms with E-state index in [2.05, 4.69) is 36.4 Å². The third-order valence-electron chi connectivity index (χ3n) is 4.24. The molecule has 0 radical (unpaired) electrons. The molecule has 1 aromatic heterocycles. The van der Waals surface area contributed by atoms with Gasteiger partial charge in [0.1, 0.15) is 11.3 Å². The first-order chi connectivity index (χ1) is 12.3. The van der Waals surface area contributed by atoms with Crippen LogP contribution >= 0.6 is 11.6 Å². The quantitative estimate of drug-likeness (QED) is 0.388. The fraction of sp³-hybridized carbons (Fsp3) is 0.0435. The first-order valence-corrected chi connectivity index (χ1v) is 8.67. The van der Waals surface area contributed by atoms with Crippen molar-refractivity contribution in [2.24, 2.45) is 0 Å². The number of hydrogen-bond acceptors (Lipinski definition) is 1. The van der Waals surface area contributed by atoms with Crippen molar-refractivity contribution in [3.05, 3.63) is 101 Å². The van der Waals surface area contributed by atoms with Crippen molar-refractivity contribution in [3.8, 4) is 11.3 Å². The van der Waals surface area contributed by atoms with Crippen LogP contribution in [0.1, 0.15) is 11.1 Å². The molecule has 0 bridgehead atoms. The van der Waals surface area contributed by atoms with Crippen LogP contribution in [0, 0.1) is 0 Å². The SMILES string of the molecule is Clc1ccc(/C=C/Cc2c(-c3ccccc3)oc3ccccc23)cc1. The molecule has 0 unspecified atom stereocenters. The molecule has 0 N–H and O–H groups in total. The maximum Gasteiger partial charge on any atom is 0.138 e. The first-order valence-electron chi connectivity index (χ1n) is 8.29. The minimum Gasteiger partial charge on any atom is -0.456 e. The largest absolute Gasteiger partial charge is 0.456 e. The maximum absolute atomic E-state index is 6.15. The van der Waals surface area contributed by atoms with E-state index >= 15 is 0 Å². The number of rotatable bonds is 4. The summed E-state index contributed by atoms with van der Waals surface area (Å²) in [5, 5.41) is 1.92. The molecular weight excluding hydrogens is 328 g/mol. The van der Waals surface area contributed by atoms with Gasteiger partial charge < -0.3 is 4.42 Å². The Balaban J connectivity index is 1.71. The predicted octanol–water partition coefficient (Wildman–Crippen LogP) is 7.01. The molecule has 0 saturated heterocycles. The molecule has 4 rings (SSSR count). The average Bonchev–Trinajstić information content (AvgIpc) is 3.03. The molecular formula is C23H17ClO. The van der Waals surface area contributed by atoms with Gasteiger partial charge in [0.25, 0.3) is 0 Å². The number of fused-ring (bicyclic) bond motifs is 1.